The van der Waals surface area contributed by atoms with Crippen LogP contribution in [0, 0.1) is 0 Å². The maximum atomic E-state index is 13.8. The molecule has 0 saturated heterocycles. The Morgan fingerprint density at radius 2 is 1.15 bits per heavy atom. The predicted octanol–water partition coefficient (Wildman–Crippen LogP) is 8.18. The lowest BCUT2D eigenvalue weighted by atomic mass is 9.85. The van der Waals surface area contributed by atoms with E-state index in [-0.39, 0.29) is 11.8 Å². The molecule has 0 aliphatic carbocycles. The van der Waals surface area contributed by atoms with Crippen LogP contribution in [-0.4, -0.2) is 11.1 Å². The highest BCUT2D eigenvalue weighted by molar-refractivity contribution is 6.33. The molecule has 0 aliphatic heterocycles. The molecule has 8 heteroatoms. The molecule has 5 rings (SSSR count). The van der Waals surface area contributed by atoms with E-state index in [1.54, 1.807) is 24.3 Å². The molecular formula is C26H16F6O2. The van der Waals surface area contributed by atoms with Gasteiger partial charge >= 0.3 is 18.3 Å². The number of carbonyl (C=O) groups is 1. The van der Waals surface area contributed by atoms with E-state index in [4.69, 9.17) is 5.11 Å². The average Bonchev–Trinajstić information content (AvgIpc) is 2.75. The molecule has 0 unspecified atom stereocenters. The molecule has 5 aromatic carbocycles. The lowest BCUT2D eigenvalue weighted by Gasteiger charge is -2.21. The van der Waals surface area contributed by atoms with Crippen LogP contribution < -0.4 is 0 Å². The van der Waals surface area contributed by atoms with E-state index < -0.39 is 34.8 Å². The number of aryl methyl sites for hydroxylation is 1. The van der Waals surface area contributed by atoms with Crippen LogP contribution in [0.25, 0.3) is 43.1 Å². The third kappa shape index (κ3) is 3.40. The Morgan fingerprint density at radius 1 is 0.647 bits per heavy atom. The smallest absolute Gasteiger partial charge is 0.417 e. The van der Waals surface area contributed by atoms with Gasteiger partial charge in [-0.2, -0.15) is 26.3 Å². The topological polar surface area (TPSA) is 37.3 Å². The quantitative estimate of drug-likeness (QED) is 0.162. The number of fused-ring (bicyclic) bond motifs is 2. The molecule has 1 N–H and O–H groups in total. The molecular weight excluding hydrogens is 458 g/mol. The van der Waals surface area contributed by atoms with Crippen molar-refractivity contribution in [1.82, 2.24) is 0 Å². The second-order valence-electron chi connectivity index (χ2n) is 8.31. The fourth-order valence-corrected chi connectivity index (χ4v) is 4.98. The lowest BCUT2D eigenvalue weighted by molar-refractivity contribution is -0.140. The zero-order valence-corrected chi connectivity index (χ0v) is 17.4. The first-order chi connectivity index (χ1) is 16.0. The standard InChI is InChI=1S/C26H16F6O2/c27-25(28,29)19-11-9-17-15-5-2-4-14-13(3-1-6-21(33)34)7-8-16(22(14)15)18-10-12-20(26(30,31)32)24(19)23(17)18/h2,4-5,7-12H,1,3,6H2,(H,33,34). The highest BCUT2D eigenvalue weighted by atomic mass is 19.4. The molecule has 0 saturated carbocycles. The number of halogens is 6. The van der Waals surface area contributed by atoms with E-state index >= 15 is 0 Å². The van der Waals surface area contributed by atoms with Crippen LogP contribution in [-0.2, 0) is 23.6 Å². The third-order valence-electron chi connectivity index (χ3n) is 6.32. The molecule has 0 aliphatic rings. The third-order valence-corrected chi connectivity index (χ3v) is 6.32. The molecule has 0 radical (unpaired) electrons. The largest absolute Gasteiger partial charge is 0.481 e. The number of carboxylic acids is 1. The number of hydrogen-bond donors (Lipinski definition) is 1. The molecule has 0 atom stereocenters. The predicted molar refractivity (Wildman–Crippen MR) is 118 cm³/mol. The second-order valence-corrected chi connectivity index (χ2v) is 8.31. The summed E-state index contributed by atoms with van der Waals surface area (Å²) < 4.78 is 82.9. The first-order valence-electron chi connectivity index (χ1n) is 10.5. The maximum absolute atomic E-state index is 13.8. The minimum atomic E-state index is -4.96. The normalized spacial score (nSPS) is 13.0. The van der Waals surface area contributed by atoms with Gasteiger partial charge in [0.05, 0.1) is 11.1 Å². The maximum Gasteiger partial charge on any atom is 0.417 e. The van der Waals surface area contributed by atoms with E-state index in [0.29, 0.717) is 34.4 Å². The highest BCUT2D eigenvalue weighted by Crippen LogP contribution is 2.48. The van der Waals surface area contributed by atoms with Gasteiger partial charge in [0.1, 0.15) is 0 Å². The number of alkyl halides is 6. The highest BCUT2D eigenvalue weighted by Gasteiger charge is 2.40. The van der Waals surface area contributed by atoms with E-state index in [1.807, 2.05) is 6.07 Å². The van der Waals surface area contributed by atoms with Gasteiger partial charge in [-0.25, -0.2) is 0 Å². The van der Waals surface area contributed by atoms with E-state index in [9.17, 15) is 31.1 Å². The van der Waals surface area contributed by atoms with Crippen LogP contribution in [0.15, 0.2) is 54.6 Å². The second kappa shape index (κ2) is 7.48. The van der Waals surface area contributed by atoms with Gasteiger partial charge in [-0.05, 0) is 68.2 Å². The number of aliphatic carboxylic acids is 1. The summed E-state index contributed by atoms with van der Waals surface area (Å²) in [6.07, 6.45) is -9.04. The molecule has 34 heavy (non-hydrogen) atoms. The van der Waals surface area contributed by atoms with Gasteiger partial charge in [0.15, 0.2) is 0 Å². The van der Waals surface area contributed by atoms with Crippen molar-refractivity contribution in [2.75, 3.05) is 0 Å². The van der Waals surface area contributed by atoms with E-state index in [2.05, 4.69) is 0 Å². The summed E-state index contributed by atoms with van der Waals surface area (Å²) in [5, 5.41) is 11.3. The summed E-state index contributed by atoms with van der Waals surface area (Å²) in [7, 11) is 0. The summed E-state index contributed by atoms with van der Waals surface area (Å²) in [5.74, 6) is -0.913. The van der Waals surface area contributed by atoms with E-state index in [0.717, 1.165) is 28.5 Å². The van der Waals surface area contributed by atoms with Gasteiger partial charge in [0.2, 0.25) is 0 Å². The number of carboxylic acid groups (broad SMARTS) is 1. The molecule has 0 bridgehead atoms. The first-order valence-corrected chi connectivity index (χ1v) is 10.5. The van der Waals surface area contributed by atoms with Crippen LogP contribution >= 0.6 is 0 Å². The van der Waals surface area contributed by atoms with Crippen LogP contribution in [0.1, 0.15) is 29.5 Å². The van der Waals surface area contributed by atoms with Gasteiger partial charge in [-0.3, -0.25) is 4.79 Å². The summed E-state index contributed by atoms with van der Waals surface area (Å²) in [5.41, 5.74) is -1.76. The summed E-state index contributed by atoms with van der Waals surface area (Å²) in [4.78, 5) is 10.9. The Labute approximate surface area is 188 Å². The molecule has 0 fully saturated rings. The van der Waals surface area contributed by atoms with Crippen molar-refractivity contribution in [1.29, 1.82) is 0 Å². The molecule has 174 valence electrons. The fourth-order valence-electron chi connectivity index (χ4n) is 4.98. The number of hydrogen-bond acceptors (Lipinski definition) is 1. The molecule has 5 aromatic rings. The Hall–Kier alpha value is -3.55. The van der Waals surface area contributed by atoms with Crippen molar-refractivity contribution in [3.8, 4) is 0 Å². The summed E-state index contributed by atoms with van der Waals surface area (Å²) in [6, 6.07) is 12.6. The molecule has 0 amide bonds. The fraction of sp³-hybridized carbons (Fsp3) is 0.192. The van der Waals surface area contributed by atoms with Gasteiger partial charge < -0.3 is 5.11 Å². The van der Waals surface area contributed by atoms with Crippen molar-refractivity contribution >= 4 is 49.1 Å². The van der Waals surface area contributed by atoms with Crippen molar-refractivity contribution in [2.24, 2.45) is 0 Å². The van der Waals surface area contributed by atoms with E-state index in [1.165, 1.54) is 12.1 Å². The number of rotatable bonds is 4. The lowest BCUT2D eigenvalue weighted by Crippen LogP contribution is -2.12. The summed E-state index contributed by atoms with van der Waals surface area (Å²) in [6.45, 7) is 0. The monoisotopic (exact) mass is 474 g/mol. The molecule has 2 nitrogen and oxygen atoms in total. The van der Waals surface area contributed by atoms with Gasteiger partial charge in [-0.15, -0.1) is 0 Å². The van der Waals surface area contributed by atoms with Crippen molar-refractivity contribution < 1.29 is 36.2 Å². The van der Waals surface area contributed by atoms with Crippen LogP contribution in [0.3, 0.4) is 0 Å². The van der Waals surface area contributed by atoms with Crippen LogP contribution in [0.5, 0.6) is 0 Å². The van der Waals surface area contributed by atoms with Gasteiger partial charge in [0.25, 0.3) is 0 Å². The zero-order chi connectivity index (χ0) is 24.4. The van der Waals surface area contributed by atoms with Gasteiger partial charge in [-0.1, -0.05) is 42.5 Å². The van der Waals surface area contributed by atoms with Crippen LogP contribution in [0.4, 0.5) is 26.3 Å². The zero-order valence-electron chi connectivity index (χ0n) is 17.4. The SMILES string of the molecule is O=C(O)CCCc1ccc2c3ccc(C(F)(F)F)c4c(C(F)(F)F)ccc(c5cccc1c52)c43. The van der Waals surface area contributed by atoms with Crippen molar-refractivity contribution in [2.45, 2.75) is 31.6 Å². The van der Waals surface area contributed by atoms with Crippen LogP contribution in [0.2, 0.25) is 0 Å². The molecule has 0 aromatic heterocycles. The minimum Gasteiger partial charge on any atom is -0.481 e. The first kappa shape index (κ1) is 22.3. The molecule has 0 heterocycles. The Kier molecular flexibility index (Phi) is 4.90. The van der Waals surface area contributed by atoms with Crippen molar-refractivity contribution in [3.63, 3.8) is 0 Å². The number of benzene rings is 5. The summed E-state index contributed by atoms with van der Waals surface area (Å²) >= 11 is 0. The molecule has 0 spiro atoms. The van der Waals surface area contributed by atoms with Crippen molar-refractivity contribution in [3.05, 3.63) is 71.3 Å². The Bertz CT molecular complexity index is 1510. The van der Waals surface area contributed by atoms with Gasteiger partial charge in [0, 0.05) is 11.8 Å². The Balaban J connectivity index is 1.93. The average molecular weight is 474 g/mol. The minimum absolute atomic E-state index is 0.00842. The Morgan fingerprint density at radius 3 is 1.71 bits per heavy atom.